The smallest absolute Gasteiger partial charge is 0.243 e. The summed E-state index contributed by atoms with van der Waals surface area (Å²) in [5.74, 6) is 0. The first-order valence-electron chi connectivity index (χ1n) is 6.91. The lowest BCUT2D eigenvalue weighted by atomic mass is 10.2. The van der Waals surface area contributed by atoms with Gasteiger partial charge in [0.05, 0.1) is 4.90 Å². The lowest BCUT2D eigenvalue weighted by molar-refractivity contribution is 0.420. The minimum atomic E-state index is -3.36. The Hall–Kier alpha value is -0.910. The number of hydrogen-bond donors (Lipinski definition) is 1. The van der Waals surface area contributed by atoms with Crippen molar-refractivity contribution >= 4 is 10.0 Å². The summed E-state index contributed by atoms with van der Waals surface area (Å²) in [6, 6.07) is 7.49. The first kappa shape index (κ1) is 14.5. The summed E-state index contributed by atoms with van der Waals surface area (Å²) in [5.41, 5.74) is 0.850. The molecular formula is C14H22N2O2S. The molecule has 0 aromatic heterocycles. The van der Waals surface area contributed by atoms with Crippen LogP contribution in [0.15, 0.2) is 29.2 Å². The van der Waals surface area contributed by atoms with Gasteiger partial charge in [-0.05, 0) is 31.0 Å². The summed E-state index contributed by atoms with van der Waals surface area (Å²) in [6.45, 7) is 5.88. The summed E-state index contributed by atoms with van der Waals surface area (Å²) in [6.07, 6.45) is 1.98. The molecule has 0 spiro atoms. The topological polar surface area (TPSA) is 49.4 Å². The van der Waals surface area contributed by atoms with Crippen LogP contribution in [0.2, 0.25) is 0 Å². The molecule has 1 fully saturated rings. The lowest BCUT2D eigenvalue weighted by Crippen LogP contribution is -2.33. The van der Waals surface area contributed by atoms with Gasteiger partial charge in [0.25, 0.3) is 0 Å². The van der Waals surface area contributed by atoms with Crippen LogP contribution in [-0.4, -0.2) is 31.9 Å². The van der Waals surface area contributed by atoms with E-state index in [1.165, 1.54) is 0 Å². The largest absolute Gasteiger partial charge is 0.313 e. The molecule has 1 aromatic carbocycles. The summed E-state index contributed by atoms with van der Waals surface area (Å²) < 4.78 is 27.1. The molecule has 1 saturated carbocycles. The van der Waals surface area contributed by atoms with Crippen LogP contribution in [0.3, 0.4) is 0 Å². The average molecular weight is 282 g/mol. The second-order valence-corrected chi connectivity index (χ2v) is 6.69. The predicted octanol–water partition coefficient (Wildman–Crippen LogP) is 1.97. The van der Waals surface area contributed by atoms with Gasteiger partial charge in [-0.15, -0.1) is 0 Å². The third-order valence-corrected chi connectivity index (χ3v) is 5.52. The van der Waals surface area contributed by atoms with E-state index in [0.717, 1.165) is 24.9 Å². The molecule has 0 aliphatic heterocycles. The van der Waals surface area contributed by atoms with Gasteiger partial charge >= 0.3 is 0 Å². The molecule has 4 nitrogen and oxygen atoms in total. The number of nitrogens with one attached hydrogen (secondary N) is 1. The summed E-state index contributed by atoms with van der Waals surface area (Å²) in [7, 11) is -3.36. The number of hydrogen-bond acceptors (Lipinski definition) is 3. The minimum Gasteiger partial charge on any atom is -0.313 e. The highest BCUT2D eigenvalue weighted by molar-refractivity contribution is 7.89. The van der Waals surface area contributed by atoms with Gasteiger partial charge in [0.1, 0.15) is 0 Å². The highest BCUT2D eigenvalue weighted by Crippen LogP contribution is 2.32. The third-order valence-electron chi connectivity index (χ3n) is 3.39. The Morgan fingerprint density at radius 2 is 1.95 bits per heavy atom. The Morgan fingerprint density at radius 1 is 1.26 bits per heavy atom. The van der Waals surface area contributed by atoms with Gasteiger partial charge in [-0.3, -0.25) is 0 Å². The molecule has 0 amide bonds. The highest BCUT2D eigenvalue weighted by Gasteiger charge is 2.37. The molecule has 1 N–H and O–H groups in total. The zero-order chi connectivity index (χ0) is 13.9. The van der Waals surface area contributed by atoms with Crippen molar-refractivity contribution in [3.63, 3.8) is 0 Å². The van der Waals surface area contributed by atoms with Gasteiger partial charge in [0.15, 0.2) is 0 Å². The Bertz CT molecular complexity index is 524. The molecule has 19 heavy (non-hydrogen) atoms. The van der Waals surface area contributed by atoms with Crippen LogP contribution >= 0.6 is 0 Å². The minimum absolute atomic E-state index is 0.210. The van der Waals surface area contributed by atoms with Crippen molar-refractivity contribution in [2.75, 3.05) is 13.1 Å². The van der Waals surface area contributed by atoms with Crippen LogP contribution < -0.4 is 5.32 Å². The normalized spacial score (nSPS) is 15.9. The SMILES string of the molecule is CCNCc1ccccc1S(=O)(=O)N(CC)C1CC1. The average Bonchev–Trinajstić information content (AvgIpc) is 3.21. The molecule has 106 valence electrons. The van der Waals surface area contributed by atoms with Crippen molar-refractivity contribution in [3.05, 3.63) is 29.8 Å². The maximum absolute atomic E-state index is 12.7. The van der Waals surface area contributed by atoms with E-state index in [0.29, 0.717) is 18.0 Å². The van der Waals surface area contributed by atoms with Gasteiger partial charge < -0.3 is 5.32 Å². The van der Waals surface area contributed by atoms with Gasteiger partial charge in [0.2, 0.25) is 10.0 Å². The van der Waals surface area contributed by atoms with E-state index < -0.39 is 10.0 Å². The van der Waals surface area contributed by atoms with E-state index in [9.17, 15) is 8.42 Å². The monoisotopic (exact) mass is 282 g/mol. The quantitative estimate of drug-likeness (QED) is 0.832. The number of benzene rings is 1. The zero-order valence-corrected chi connectivity index (χ0v) is 12.4. The molecule has 1 aromatic rings. The van der Waals surface area contributed by atoms with Crippen LogP contribution in [0.5, 0.6) is 0 Å². The summed E-state index contributed by atoms with van der Waals surface area (Å²) in [4.78, 5) is 0.449. The van der Waals surface area contributed by atoms with E-state index in [1.807, 2.05) is 26.0 Å². The molecular weight excluding hydrogens is 260 g/mol. The van der Waals surface area contributed by atoms with Crippen LogP contribution in [0.25, 0.3) is 0 Å². The molecule has 0 unspecified atom stereocenters. The first-order chi connectivity index (χ1) is 9.11. The molecule has 0 saturated heterocycles. The van der Waals surface area contributed by atoms with E-state index in [-0.39, 0.29) is 6.04 Å². The zero-order valence-electron chi connectivity index (χ0n) is 11.6. The fourth-order valence-corrected chi connectivity index (χ4v) is 4.19. The maximum Gasteiger partial charge on any atom is 0.243 e. The summed E-state index contributed by atoms with van der Waals surface area (Å²) >= 11 is 0. The molecule has 2 rings (SSSR count). The van der Waals surface area contributed by atoms with Crippen molar-refractivity contribution in [3.8, 4) is 0 Å². The van der Waals surface area contributed by atoms with E-state index >= 15 is 0 Å². The fourth-order valence-electron chi connectivity index (χ4n) is 2.27. The van der Waals surface area contributed by atoms with Crippen LogP contribution in [-0.2, 0) is 16.6 Å². The molecule has 5 heteroatoms. The summed E-state index contributed by atoms with van der Waals surface area (Å²) in [5, 5.41) is 3.20. The Labute approximate surface area is 115 Å². The third kappa shape index (κ3) is 3.16. The van der Waals surface area contributed by atoms with Crippen LogP contribution in [0.4, 0.5) is 0 Å². The molecule has 1 aliphatic carbocycles. The Balaban J connectivity index is 2.33. The van der Waals surface area contributed by atoms with Gasteiger partial charge in [-0.25, -0.2) is 8.42 Å². The van der Waals surface area contributed by atoms with Crippen LogP contribution in [0, 0.1) is 0 Å². The maximum atomic E-state index is 12.7. The van der Waals surface area contributed by atoms with Crippen molar-refractivity contribution in [2.24, 2.45) is 0 Å². The highest BCUT2D eigenvalue weighted by atomic mass is 32.2. The second kappa shape index (κ2) is 6.03. The van der Waals surface area contributed by atoms with Crippen molar-refractivity contribution in [1.29, 1.82) is 0 Å². The second-order valence-electron chi connectivity index (χ2n) is 4.83. The van der Waals surface area contributed by atoms with E-state index in [2.05, 4.69) is 5.32 Å². The first-order valence-corrected chi connectivity index (χ1v) is 8.35. The van der Waals surface area contributed by atoms with Gasteiger partial charge in [-0.1, -0.05) is 32.0 Å². The number of sulfonamides is 1. The molecule has 1 aliphatic rings. The van der Waals surface area contributed by atoms with Gasteiger partial charge in [-0.2, -0.15) is 4.31 Å². The predicted molar refractivity (Wildman–Crippen MR) is 76.4 cm³/mol. The van der Waals surface area contributed by atoms with Crippen LogP contribution in [0.1, 0.15) is 32.3 Å². The van der Waals surface area contributed by atoms with Crippen molar-refractivity contribution in [1.82, 2.24) is 9.62 Å². The Kier molecular flexibility index (Phi) is 4.60. The van der Waals surface area contributed by atoms with Crippen molar-refractivity contribution in [2.45, 2.75) is 44.2 Å². The lowest BCUT2D eigenvalue weighted by Gasteiger charge is -2.21. The molecule has 0 atom stereocenters. The van der Waals surface area contributed by atoms with Crippen molar-refractivity contribution < 1.29 is 8.42 Å². The Morgan fingerprint density at radius 3 is 2.53 bits per heavy atom. The number of nitrogens with zero attached hydrogens (tertiary/aromatic N) is 1. The van der Waals surface area contributed by atoms with Gasteiger partial charge in [0, 0.05) is 19.1 Å². The fraction of sp³-hybridized carbons (Fsp3) is 0.571. The van der Waals surface area contributed by atoms with E-state index in [1.54, 1.807) is 16.4 Å². The standard InChI is InChI=1S/C14H22N2O2S/c1-3-15-11-12-7-5-6-8-14(12)19(17,18)16(4-2)13-9-10-13/h5-8,13,15H,3-4,9-11H2,1-2H3. The van der Waals surface area contributed by atoms with E-state index in [4.69, 9.17) is 0 Å². The molecule has 0 radical (unpaired) electrons. The molecule has 0 heterocycles. The molecule has 0 bridgehead atoms. The number of rotatable bonds is 7.